The fourth-order valence-electron chi connectivity index (χ4n) is 1.50. The highest BCUT2D eigenvalue weighted by Crippen LogP contribution is 2.09. The first kappa shape index (κ1) is 15.6. The van der Waals surface area contributed by atoms with Crippen LogP contribution in [0.1, 0.15) is 20.8 Å². The Hall–Kier alpha value is -1.47. The fourth-order valence-corrected chi connectivity index (χ4v) is 2.04. The van der Waals surface area contributed by atoms with Crippen molar-refractivity contribution >= 4 is 28.3 Å². The van der Waals surface area contributed by atoms with Crippen molar-refractivity contribution in [1.82, 2.24) is 15.2 Å². The predicted molar refractivity (Wildman–Crippen MR) is 76.1 cm³/mol. The molecule has 0 aliphatic carbocycles. The third-order valence-corrected chi connectivity index (χ3v) is 3.00. The predicted octanol–water partition coefficient (Wildman–Crippen LogP) is 0.928. The van der Waals surface area contributed by atoms with Crippen LogP contribution in [0.15, 0.2) is 11.6 Å². The first-order valence-corrected chi connectivity index (χ1v) is 7.10. The zero-order chi connectivity index (χ0) is 14.3. The summed E-state index contributed by atoms with van der Waals surface area (Å²) in [7, 11) is 0. The van der Waals surface area contributed by atoms with E-state index < -0.39 is 0 Å². The average molecular weight is 284 g/mol. The largest absolute Gasteiger partial charge is 0.353 e. The zero-order valence-electron chi connectivity index (χ0n) is 11.5. The van der Waals surface area contributed by atoms with Gasteiger partial charge in [-0.2, -0.15) is 0 Å². The summed E-state index contributed by atoms with van der Waals surface area (Å²) in [6.45, 7) is 6.77. The molecule has 0 spiro atoms. The molecule has 1 rings (SSSR count). The van der Waals surface area contributed by atoms with Crippen molar-refractivity contribution in [2.24, 2.45) is 0 Å². The Morgan fingerprint density at radius 2 is 2.05 bits per heavy atom. The molecule has 6 nitrogen and oxygen atoms in total. The van der Waals surface area contributed by atoms with Crippen LogP contribution in [0.2, 0.25) is 0 Å². The Kier molecular flexibility index (Phi) is 6.44. The summed E-state index contributed by atoms with van der Waals surface area (Å²) in [6, 6.07) is 0.107. The molecule has 1 aromatic rings. The molecule has 1 aromatic heterocycles. The van der Waals surface area contributed by atoms with Gasteiger partial charge in [0.1, 0.15) is 0 Å². The Labute approximate surface area is 117 Å². The van der Waals surface area contributed by atoms with Crippen LogP contribution in [0.4, 0.5) is 5.13 Å². The summed E-state index contributed by atoms with van der Waals surface area (Å²) in [5, 5.41) is 7.87. The van der Waals surface area contributed by atoms with Gasteiger partial charge in [-0.25, -0.2) is 4.98 Å². The Bertz CT molecular complexity index is 406. The standard InChI is InChI=1S/C12H20N4O2S/c1-4-16(7-10(17)14-9(2)3)8-11(18)15-12-13-5-6-19-12/h5-6,9H,4,7-8H2,1-3H3,(H,14,17)(H,13,15,18). The highest BCUT2D eigenvalue weighted by Gasteiger charge is 2.14. The summed E-state index contributed by atoms with van der Waals surface area (Å²) >= 11 is 1.37. The summed E-state index contributed by atoms with van der Waals surface area (Å²) in [4.78, 5) is 29.1. The maximum absolute atomic E-state index is 11.8. The molecule has 1 heterocycles. The van der Waals surface area contributed by atoms with E-state index in [0.29, 0.717) is 11.7 Å². The van der Waals surface area contributed by atoms with Gasteiger partial charge in [0.05, 0.1) is 13.1 Å². The van der Waals surface area contributed by atoms with Gasteiger partial charge in [-0.15, -0.1) is 11.3 Å². The minimum Gasteiger partial charge on any atom is -0.353 e. The molecule has 0 fully saturated rings. The third kappa shape index (κ3) is 6.30. The van der Waals surface area contributed by atoms with Gasteiger partial charge in [0.25, 0.3) is 0 Å². The maximum Gasteiger partial charge on any atom is 0.240 e. The van der Waals surface area contributed by atoms with Gasteiger partial charge in [-0.1, -0.05) is 6.92 Å². The molecule has 0 bridgehead atoms. The Morgan fingerprint density at radius 1 is 1.37 bits per heavy atom. The van der Waals surface area contributed by atoms with E-state index in [0.717, 1.165) is 0 Å². The molecule has 0 atom stereocenters. The van der Waals surface area contributed by atoms with Crippen molar-refractivity contribution in [3.63, 3.8) is 0 Å². The van der Waals surface area contributed by atoms with Gasteiger partial charge >= 0.3 is 0 Å². The van der Waals surface area contributed by atoms with Gasteiger partial charge in [0, 0.05) is 17.6 Å². The van der Waals surface area contributed by atoms with Crippen molar-refractivity contribution in [1.29, 1.82) is 0 Å². The van der Waals surface area contributed by atoms with Crippen molar-refractivity contribution in [2.45, 2.75) is 26.8 Å². The molecule has 0 saturated heterocycles. The monoisotopic (exact) mass is 284 g/mol. The van der Waals surface area contributed by atoms with Crippen LogP contribution in [0.25, 0.3) is 0 Å². The molecule has 2 amide bonds. The quantitative estimate of drug-likeness (QED) is 0.781. The van der Waals surface area contributed by atoms with Crippen LogP contribution in [0.5, 0.6) is 0 Å². The summed E-state index contributed by atoms with van der Waals surface area (Å²) in [5.41, 5.74) is 0. The molecule has 0 unspecified atom stereocenters. The van der Waals surface area contributed by atoms with Crippen LogP contribution in [-0.2, 0) is 9.59 Å². The molecule has 0 aliphatic heterocycles. The van der Waals surface area contributed by atoms with Gasteiger partial charge in [-0.05, 0) is 20.4 Å². The average Bonchev–Trinajstić information content (AvgIpc) is 2.79. The van der Waals surface area contributed by atoms with E-state index >= 15 is 0 Å². The smallest absolute Gasteiger partial charge is 0.240 e. The molecule has 0 saturated carbocycles. The summed E-state index contributed by atoms with van der Waals surface area (Å²) in [6.07, 6.45) is 1.63. The minimum absolute atomic E-state index is 0.0705. The van der Waals surface area contributed by atoms with Crippen LogP contribution in [0, 0.1) is 0 Å². The van der Waals surface area contributed by atoms with Crippen molar-refractivity contribution in [3.05, 3.63) is 11.6 Å². The molecule has 7 heteroatoms. The number of aromatic nitrogens is 1. The van der Waals surface area contributed by atoms with E-state index in [4.69, 9.17) is 0 Å². The van der Waals surface area contributed by atoms with E-state index in [9.17, 15) is 9.59 Å². The lowest BCUT2D eigenvalue weighted by atomic mass is 10.3. The van der Waals surface area contributed by atoms with Crippen LogP contribution in [-0.4, -0.2) is 47.4 Å². The molecule has 2 N–H and O–H groups in total. The maximum atomic E-state index is 11.8. The number of hydrogen-bond acceptors (Lipinski definition) is 5. The lowest BCUT2D eigenvalue weighted by molar-refractivity contribution is -0.123. The minimum atomic E-state index is -0.158. The van der Waals surface area contributed by atoms with Crippen LogP contribution in [0.3, 0.4) is 0 Å². The molecule has 0 aromatic carbocycles. The van der Waals surface area contributed by atoms with Gasteiger partial charge in [0.2, 0.25) is 11.8 Å². The number of carbonyl (C=O) groups is 2. The zero-order valence-corrected chi connectivity index (χ0v) is 12.3. The number of rotatable bonds is 7. The van der Waals surface area contributed by atoms with Gasteiger partial charge in [-0.3, -0.25) is 14.5 Å². The number of anilines is 1. The number of carbonyl (C=O) groups excluding carboxylic acids is 2. The van der Waals surface area contributed by atoms with E-state index in [2.05, 4.69) is 15.6 Å². The number of likely N-dealkylation sites (N-methyl/N-ethyl adjacent to an activating group) is 1. The number of thiazole rings is 1. The number of nitrogens with one attached hydrogen (secondary N) is 2. The van der Waals surface area contributed by atoms with Gasteiger partial charge < -0.3 is 10.6 Å². The fraction of sp³-hybridized carbons (Fsp3) is 0.583. The van der Waals surface area contributed by atoms with E-state index in [1.165, 1.54) is 11.3 Å². The normalized spacial score (nSPS) is 10.8. The molecular formula is C12H20N4O2S. The lowest BCUT2D eigenvalue weighted by Crippen LogP contribution is -2.42. The molecule has 0 aliphatic rings. The van der Waals surface area contributed by atoms with Gasteiger partial charge in [0.15, 0.2) is 5.13 Å². The molecule has 19 heavy (non-hydrogen) atoms. The van der Waals surface area contributed by atoms with E-state index in [-0.39, 0.29) is 30.9 Å². The van der Waals surface area contributed by atoms with Crippen molar-refractivity contribution in [3.8, 4) is 0 Å². The lowest BCUT2D eigenvalue weighted by Gasteiger charge is -2.19. The van der Waals surface area contributed by atoms with Crippen LogP contribution < -0.4 is 10.6 Å². The number of hydrogen-bond donors (Lipinski definition) is 2. The van der Waals surface area contributed by atoms with E-state index in [1.54, 1.807) is 16.5 Å². The van der Waals surface area contributed by atoms with Crippen molar-refractivity contribution < 1.29 is 9.59 Å². The highest BCUT2D eigenvalue weighted by atomic mass is 32.1. The SMILES string of the molecule is CCN(CC(=O)Nc1nccs1)CC(=O)NC(C)C. The second-order valence-electron chi connectivity index (χ2n) is 4.41. The topological polar surface area (TPSA) is 74.3 Å². The summed E-state index contributed by atoms with van der Waals surface area (Å²) < 4.78 is 0. The second-order valence-corrected chi connectivity index (χ2v) is 5.31. The van der Waals surface area contributed by atoms with Crippen molar-refractivity contribution in [2.75, 3.05) is 25.0 Å². The Morgan fingerprint density at radius 3 is 2.58 bits per heavy atom. The van der Waals surface area contributed by atoms with Crippen LogP contribution >= 0.6 is 11.3 Å². The number of nitrogens with zero attached hydrogens (tertiary/aromatic N) is 2. The second kappa shape index (κ2) is 7.85. The Balaban J connectivity index is 2.39. The molecule has 106 valence electrons. The first-order chi connectivity index (χ1) is 9.01. The highest BCUT2D eigenvalue weighted by molar-refractivity contribution is 7.13. The number of amides is 2. The summed E-state index contributed by atoms with van der Waals surface area (Å²) in [5.74, 6) is -0.229. The third-order valence-electron chi connectivity index (χ3n) is 2.31. The molecular weight excluding hydrogens is 264 g/mol. The molecule has 0 radical (unpaired) electrons. The van der Waals surface area contributed by atoms with E-state index in [1.807, 2.05) is 20.8 Å². The first-order valence-electron chi connectivity index (χ1n) is 6.22.